The monoisotopic (exact) mass is 356 g/mol. The molecule has 3 N–H and O–H groups in total. The van der Waals surface area contributed by atoms with Crippen molar-refractivity contribution in [3.05, 3.63) is 52.5 Å². The maximum atomic E-state index is 11.9. The number of carbonyl (C=O) groups excluding carboxylic acids is 1. The van der Waals surface area contributed by atoms with Crippen LogP contribution >= 0.6 is 0 Å². The molecule has 7 nitrogen and oxygen atoms in total. The molecule has 2 aromatic heterocycles. The number of pyridine rings is 1. The number of carboxylic acid groups (broad SMARTS) is 1. The molecule has 3 aromatic rings. The number of benzene rings is 1. The number of aromatic amines is 2. The van der Waals surface area contributed by atoms with E-state index in [1.807, 2.05) is 24.3 Å². The Kier molecular flexibility index (Phi) is 6.32. The van der Waals surface area contributed by atoms with Crippen molar-refractivity contribution in [3.63, 3.8) is 0 Å². The number of aliphatic carboxylic acids is 1. The van der Waals surface area contributed by atoms with Crippen molar-refractivity contribution in [2.24, 2.45) is 0 Å². The number of carbonyl (C=O) groups is 2. The van der Waals surface area contributed by atoms with Crippen molar-refractivity contribution in [2.45, 2.75) is 20.3 Å². The smallest absolute Gasteiger partial charge is 0.330 e. The first kappa shape index (κ1) is 19.0. The summed E-state index contributed by atoms with van der Waals surface area (Å²) in [4.78, 5) is 38.3. The summed E-state index contributed by atoms with van der Waals surface area (Å²) in [5.74, 6) is -1.11. The summed E-state index contributed by atoms with van der Waals surface area (Å²) >= 11 is 0. The molecule has 0 aliphatic carbocycles. The van der Waals surface area contributed by atoms with Gasteiger partial charge in [-0.25, -0.2) is 4.79 Å². The summed E-state index contributed by atoms with van der Waals surface area (Å²) < 4.78 is 4.85. The highest BCUT2D eigenvalue weighted by Crippen LogP contribution is 2.22. The van der Waals surface area contributed by atoms with E-state index in [0.29, 0.717) is 12.1 Å². The molecule has 1 aromatic carbocycles. The van der Waals surface area contributed by atoms with Crippen LogP contribution in [-0.2, 0) is 14.3 Å². The summed E-state index contributed by atoms with van der Waals surface area (Å²) in [6.45, 7) is 3.72. The Balaban J connectivity index is 0.000000431. The van der Waals surface area contributed by atoms with Crippen molar-refractivity contribution >= 4 is 39.8 Å². The van der Waals surface area contributed by atoms with Gasteiger partial charge in [0, 0.05) is 35.0 Å². The number of hydrogen-bond donors (Lipinski definition) is 3. The molecular weight excluding hydrogens is 336 g/mol. The number of H-pyrrole nitrogens is 2. The predicted octanol–water partition coefficient (Wildman–Crippen LogP) is 3.07. The maximum Gasteiger partial charge on any atom is 0.330 e. The van der Waals surface area contributed by atoms with E-state index in [0.717, 1.165) is 21.9 Å². The molecule has 0 bridgehead atoms. The highest BCUT2D eigenvalue weighted by atomic mass is 16.5. The van der Waals surface area contributed by atoms with Gasteiger partial charge >= 0.3 is 11.9 Å². The van der Waals surface area contributed by atoms with Crippen LogP contribution in [0.25, 0.3) is 27.9 Å². The Morgan fingerprint density at radius 1 is 1.19 bits per heavy atom. The lowest BCUT2D eigenvalue weighted by Crippen LogP contribution is -2.05. The average Bonchev–Trinajstić information content (AvgIpc) is 3.12. The quantitative estimate of drug-likeness (QED) is 0.491. The summed E-state index contributed by atoms with van der Waals surface area (Å²) in [7, 11) is 0. The number of aromatic nitrogens is 2. The molecule has 26 heavy (non-hydrogen) atoms. The minimum atomic E-state index is -0.745. The van der Waals surface area contributed by atoms with E-state index in [1.54, 1.807) is 26.1 Å². The van der Waals surface area contributed by atoms with E-state index in [-0.39, 0.29) is 17.9 Å². The van der Waals surface area contributed by atoms with Crippen LogP contribution in [-0.4, -0.2) is 33.6 Å². The van der Waals surface area contributed by atoms with Gasteiger partial charge in [-0.15, -0.1) is 0 Å². The van der Waals surface area contributed by atoms with E-state index < -0.39 is 5.97 Å². The molecule has 7 heteroatoms. The van der Waals surface area contributed by atoms with E-state index in [2.05, 4.69) is 9.97 Å². The zero-order chi connectivity index (χ0) is 19.1. The van der Waals surface area contributed by atoms with Crippen LogP contribution in [0, 0.1) is 0 Å². The Hall–Kier alpha value is -3.35. The van der Waals surface area contributed by atoms with Gasteiger partial charge in [0.1, 0.15) is 5.52 Å². The molecule has 0 fully saturated rings. The van der Waals surface area contributed by atoms with E-state index in [9.17, 15) is 14.4 Å². The molecule has 3 rings (SSSR count). The van der Waals surface area contributed by atoms with Gasteiger partial charge in [-0.05, 0) is 36.8 Å². The predicted molar refractivity (Wildman–Crippen MR) is 100 cm³/mol. The molecule has 0 aliphatic rings. The summed E-state index contributed by atoms with van der Waals surface area (Å²) in [5.41, 5.74) is 2.04. The van der Waals surface area contributed by atoms with Gasteiger partial charge in [0.05, 0.1) is 6.61 Å². The fourth-order valence-corrected chi connectivity index (χ4v) is 2.32. The number of nitrogens with one attached hydrogen (secondary N) is 2. The minimum absolute atomic E-state index is 0.141. The third-order valence-corrected chi connectivity index (χ3v) is 3.56. The zero-order valence-electron chi connectivity index (χ0n) is 14.5. The van der Waals surface area contributed by atoms with Crippen LogP contribution < -0.4 is 5.56 Å². The summed E-state index contributed by atoms with van der Waals surface area (Å²) in [6.07, 6.45) is 5.05. The van der Waals surface area contributed by atoms with Gasteiger partial charge in [-0.3, -0.25) is 9.59 Å². The molecule has 0 saturated carbocycles. The second kappa shape index (κ2) is 8.66. The molecule has 0 aliphatic heterocycles. The van der Waals surface area contributed by atoms with Gasteiger partial charge in [0.25, 0.3) is 5.56 Å². The van der Waals surface area contributed by atoms with Crippen molar-refractivity contribution in [1.29, 1.82) is 0 Å². The first-order valence-electron chi connectivity index (χ1n) is 8.16. The van der Waals surface area contributed by atoms with Gasteiger partial charge in [-0.2, -0.15) is 0 Å². The Morgan fingerprint density at radius 3 is 2.58 bits per heavy atom. The van der Waals surface area contributed by atoms with Crippen LogP contribution in [0.2, 0.25) is 0 Å². The Morgan fingerprint density at radius 2 is 1.92 bits per heavy atom. The van der Waals surface area contributed by atoms with E-state index in [4.69, 9.17) is 9.84 Å². The lowest BCUT2D eigenvalue weighted by atomic mass is 10.1. The topological polar surface area (TPSA) is 112 Å². The molecule has 136 valence electrons. The third kappa shape index (κ3) is 4.60. The standard InChI is InChI=1S/C16H14N2O3.C3H6O2/c1-2-21-14(19)6-4-10-3-5-13-12(9-10)11-7-8-17-15(11)16(20)18-13;1-2-3(4)5/h3-9,17H,2H2,1H3,(H,18,20);2H2,1H3,(H,4,5). The lowest BCUT2D eigenvalue weighted by molar-refractivity contribution is -0.137. The molecule has 2 heterocycles. The highest BCUT2D eigenvalue weighted by molar-refractivity contribution is 6.05. The SMILES string of the molecule is CCC(=O)O.CCOC(=O)C=Cc1ccc2[nH]c(=O)c3[nH]ccc3c2c1. The maximum absolute atomic E-state index is 11.9. The fourth-order valence-electron chi connectivity index (χ4n) is 2.32. The van der Waals surface area contributed by atoms with E-state index >= 15 is 0 Å². The van der Waals surface area contributed by atoms with Crippen molar-refractivity contribution < 1.29 is 19.4 Å². The van der Waals surface area contributed by atoms with Gasteiger partial charge in [-0.1, -0.05) is 13.0 Å². The Labute approximate surface area is 149 Å². The highest BCUT2D eigenvalue weighted by Gasteiger charge is 2.06. The van der Waals surface area contributed by atoms with Crippen LogP contribution in [0.4, 0.5) is 0 Å². The van der Waals surface area contributed by atoms with Gasteiger partial charge < -0.3 is 19.8 Å². The number of carboxylic acids is 1. The second-order valence-electron chi connectivity index (χ2n) is 5.36. The number of ether oxygens (including phenoxy) is 1. The lowest BCUT2D eigenvalue weighted by Gasteiger charge is -2.02. The van der Waals surface area contributed by atoms with Crippen LogP contribution in [0.15, 0.2) is 41.3 Å². The van der Waals surface area contributed by atoms with Crippen LogP contribution in [0.5, 0.6) is 0 Å². The van der Waals surface area contributed by atoms with Crippen LogP contribution in [0.1, 0.15) is 25.8 Å². The molecule has 0 saturated heterocycles. The molecule has 0 amide bonds. The first-order chi connectivity index (χ1) is 12.5. The van der Waals surface area contributed by atoms with Crippen LogP contribution in [0.3, 0.4) is 0 Å². The summed E-state index contributed by atoms with van der Waals surface area (Å²) in [6, 6.07) is 7.46. The number of esters is 1. The number of rotatable bonds is 4. The molecular formula is C19H20N2O5. The Bertz CT molecular complexity index is 1010. The zero-order valence-corrected chi connectivity index (χ0v) is 14.5. The molecule has 0 radical (unpaired) electrons. The van der Waals surface area contributed by atoms with Crippen molar-refractivity contribution in [2.75, 3.05) is 6.61 Å². The van der Waals surface area contributed by atoms with Gasteiger partial charge in [0.2, 0.25) is 0 Å². The average molecular weight is 356 g/mol. The molecule has 0 spiro atoms. The molecule has 0 unspecified atom stereocenters. The van der Waals surface area contributed by atoms with Gasteiger partial charge in [0.15, 0.2) is 0 Å². The van der Waals surface area contributed by atoms with Crippen molar-refractivity contribution in [3.8, 4) is 0 Å². The van der Waals surface area contributed by atoms with Crippen molar-refractivity contribution in [1.82, 2.24) is 9.97 Å². The number of hydrogen-bond acceptors (Lipinski definition) is 4. The molecule has 0 atom stereocenters. The third-order valence-electron chi connectivity index (χ3n) is 3.56. The minimum Gasteiger partial charge on any atom is -0.481 e. The first-order valence-corrected chi connectivity index (χ1v) is 8.16. The summed E-state index contributed by atoms with van der Waals surface area (Å²) in [5, 5.41) is 9.51. The normalized spacial score (nSPS) is 10.7. The second-order valence-corrected chi connectivity index (χ2v) is 5.36. The fraction of sp³-hybridized carbons (Fsp3) is 0.211. The van der Waals surface area contributed by atoms with E-state index in [1.165, 1.54) is 6.08 Å². The largest absolute Gasteiger partial charge is 0.481 e. The number of fused-ring (bicyclic) bond motifs is 3.